The Bertz CT molecular complexity index is 207. The summed E-state index contributed by atoms with van der Waals surface area (Å²) in [6.07, 6.45) is 4.55. The second kappa shape index (κ2) is 6.08. The van der Waals surface area contributed by atoms with Gasteiger partial charge in [0.25, 0.3) is 0 Å². The van der Waals surface area contributed by atoms with Crippen molar-refractivity contribution >= 4 is 5.91 Å². The number of nitrogens with two attached hydrogens (primary N) is 1. The zero-order valence-electron chi connectivity index (χ0n) is 9.66. The van der Waals surface area contributed by atoms with Crippen molar-refractivity contribution in [3.8, 4) is 0 Å². The standard InChI is InChI=1S/C11H22N2O2/c1-3-4-10-7-9(5-6-15-10)13-8(2)11(12)14/h8-10,13H,3-7H2,1-2H3,(H2,12,14). The molecule has 0 aliphatic carbocycles. The highest BCUT2D eigenvalue weighted by atomic mass is 16.5. The molecule has 1 aliphatic rings. The smallest absolute Gasteiger partial charge is 0.234 e. The Morgan fingerprint density at radius 2 is 2.40 bits per heavy atom. The molecule has 0 aromatic carbocycles. The first kappa shape index (κ1) is 12.5. The van der Waals surface area contributed by atoms with E-state index in [1.54, 1.807) is 0 Å². The highest BCUT2D eigenvalue weighted by Crippen LogP contribution is 2.18. The van der Waals surface area contributed by atoms with Crippen LogP contribution in [0.4, 0.5) is 0 Å². The molecule has 88 valence electrons. The van der Waals surface area contributed by atoms with E-state index in [0.29, 0.717) is 12.1 Å². The summed E-state index contributed by atoms with van der Waals surface area (Å²) in [5, 5.41) is 3.25. The molecule has 4 heteroatoms. The molecule has 1 heterocycles. The molecule has 0 aromatic rings. The molecule has 1 amide bonds. The fraction of sp³-hybridized carbons (Fsp3) is 0.909. The van der Waals surface area contributed by atoms with Gasteiger partial charge in [0.1, 0.15) is 0 Å². The van der Waals surface area contributed by atoms with Crippen LogP contribution in [-0.2, 0) is 9.53 Å². The second-order valence-electron chi connectivity index (χ2n) is 4.29. The van der Waals surface area contributed by atoms with E-state index in [1.807, 2.05) is 6.92 Å². The van der Waals surface area contributed by atoms with Crippen LogP contribution in [0.2, 0.25) is 0 Å². The summed E-state index contributed by atoms with van der Waals surface area (Å²) < 4.78 is 5.63. The molecule has 15 heavy (non-hydrogen) atoms. The third kappa shape index (κ3) is 4.18. The molecule has 4 nitrogen and oxygen atoms in total. The summed E-state index contributed by atoms with van der Waals surface area (Å²) in [6.45, 7) is 4.76. The van der Waals surface area contributed by atoms with Crippen LogP contribution in [0.1, 0.15) is 39.5 Å². The molecule has 0 spiro atoms. The minimum Gasteiger partial charge on any atom is -0.378 e. The van der Waals surface area contributed by atoms with E-state index in [1.165, 1.54) is 0 Å². The van der Waals surface area contributed by atoms with Gasteiger partial charge in [0.15, 0.2) is 0 Å². The maximum atomic E-state index is 10.9. The van der Waals surface area contributed by atoms with Crippen LogP contribution < -0.4 is 11.1 Å². The number of nitrogens with one attached hydrogen (secondary N) is 1. The van der Waals surface area contributed by atoms with Crippen molar-refractivity contribution in [1.29, 1.82) is 0 Å². The Hall–Kier alpha value is -0.610. The van der Waals surface area contributed by atoms with Gasteiger partial charge in [0, 0.05) is 12.6 Å². The van der Waals surface area contributed by atoms with Crippen molar-refractivity contribution in [1.82, 2.24) is 5.32 Å². The van der Waals surface area contributed by atoms with E-state index in [4.69, 9.17) is 10.5 Å². The molecule has 1 fully saturated rings. The molecule has 0 radical (unpaired) electrons. The monoisotopic (exact) mass is 214 g/mol. The molecule has 1 aliphatic heterocycles. The summed E-state index contributed by atoms with van der Waals surface area (Å²) in [7, 11) is 0. The lowest BCUT2D eigenvalue weighted by Gasteiger charge is -2.31. The van der Waals surface area contributed by atoms with E-state index in [0.717, 1.165) is 32.3 Å². The van der Waals surface area contributed by atoms with Crippen LogP contribution in [0, 0.1) is 0 Å². The van der Waals surface area contributed by atoms with Gasteiger partial charge in [-0.1, -0.05) is 13.3 Å². The van der Waals surface area contributed by atoms with Crippen molar-refractivity contribution in [3.63, 3.8) is 0 Å². The Kier molecular flexibility index (Phi) is 5.05. The highest BCUT2D eigenvalue weighted by Gasteiger charge is 2.23. The van der Waals surface area contributed by atoms with Crippen molar-refractivity contribution < 1.29 is 9.53 Å². The Morgan fingerprint density at radius 3 is 3.00 bits per heavy atom. The first-order chi connectivity index (χ1) is 7.13. The number of ether oxygens (including phenoxy) is 1. The van der Waals surface area contributed by atoms with Gasteiger partial charge in [-0.15, -0.1) is 0 Å². The van der Waals surface area contributed by atoms with E-state index >= 15 is 0 Å². The highest BCUT2D eigenvalue weighted by molar-refractivity contribution is 5.79. The van der Waals surface area contributed by atoms with Gasteiger partial charge in [-0.2, -0.15) is 0 Å². The van der Waals surface area contributed by atoms with Gasteiger partial charge in [-0.25, -0.2) is 0 Å². The minimum absolute atomic E-state index is 0.240. The average molecular weight is 214 g/mol. The van der Waals surface area contributed by atoms with Gasteiger partial charge in [-0.3, -0.25) is 4.79 Å². The number of carbonyl (C=O) groups excluding carboxylic acids is 1. The van der Waals surface area contributed by atoms with E-state index in [-0.39, 0.29) is 11.9 Å². The number of carbonyl (C=O) groups is 1. The first-order valence-electron chi connectivity index (χ1n) is 5.80. The van der Waals surface area contributed by atoms with Gasteiger partial charge in [0.05, 0.1) is 12.1 Å². The summed E-state index contributed by atoms with van der Waals surface area (Å²) in [5.41, 5.74) is 5.21. The lowest BCUT2D eigenvalue weighted by atomic mass is 9.99. The summed E-state index contributed by atoms with van der Waals surface area (Å²) in [5.74, 6) is -0.284. The van der Waals surface area contributed by atoms with Crippen molar-refractivity contribution in [3.05, 3.63) is 0 Å². The first-order valence-corrected chi connectivity index (χ1v) is 5.80. The number of hydrogen-bond donors (Lipinski definition) is 2. The summed E-state index contributed by atoms with van der Waals surface area (Å²) in [6, 6.07) is 0.133. The van der Waals surface area contributed by atoms with Crippen LogP contribution in [0.15, 0.2) is 0 Å². The van der Waals surface area contributed by atoms with E-state index in [2.05, 4.69) is 12.2 Å². The molecular weight excluding hydrogens is 192 g/mol. The zero-order chi connectivity index (χ0) is 11.3. The van der Waals surface area contributed by atoms with Crippen LogP contribution >= 0.6 is 0 Å². The number of primary amides is 1. The van der Waals surface area contributed by atoms with Crippen molar-refractivity contribution in [2.24, 2.45) is 5.73 Å². The molecule has 0 saturated carbocycles. The lowest BCUT2D eigenvalue weighted by Crippen LogP contribution is -2.48. The number of amides is 1. The molecule has 1 rings (SSSR count). The van der Waals surface area contributed by atoms with Gasteiger partial charge in [0.2, 0.25) is 5.91 Å². The van der Waals surface area contributed by atoms with Gasteiger partial charge >= 0.3 is 0 Å². The molecule has 3 N–H and O–H groups in total. The van der Waals surface area contributed by atoms with E-state index in [9.17, 15) is 4.79 Å². The average Bonchev–Trinajstić information content (AvgIpc) is 2.18. The van der Waals surface area contributed by atoms with Crippen LogP contribution in [0.3, 0.4) is 0 Å². The number of hydrogen-bond acceptors (Lipinski definition) is 3. The molecule has 0 bridgehead atoms. The maximum absolute atomic E-state index is 10.9. The quantitative estimate of drug-likeness (QED) is 0.711. The summed E-state index contributed by atoms with van der Waals surface area (Å²) in [4.78, 5) is 10.9. The number of rotatable bonds is 5. The molecule has 3 unspecified atom stereocenters. The molecule has 0 aromatic heterocycles. The Morgan fingerprint density at radius 1 is 1.67 bits per heavy atom. The Labute approximate surface area is 91.5 Å². The molecular formula is C11H22N2O2. The van der Waals surface area contributed by atoms with Crippen LogP contribution in [0.5, 0.6) is 0 Å². The maximum Gasteiger partial charge on any atom is 0.234 e. The molecule has 3 atom stereocenters. The van der Waals surface area contributed by atoms with Gasteiger partial charge in [-0.05, 0) is 26.2 Å². The minimum atomic E-state index is -0.284. The third-order valence-corrected chi connectivity index (χ3v) is 2.89. The molecule has 1 saturated heterocycles. The fourth-order valence-corrected chi connectivity index (χ4v) is 1.99. The van der Waals surface area contributed by atoms with E-state index < -0.39 is 0 Å². The predicted molar refractivity (Wildman–Crippen MR) is 59.5 cm³/mol. The Balaban J connectivity index is 2.32. The van der Waals surface area contributed by atoms with Crippen LogP contribution in [-0.4, -0.2) is 30.7 Å². The lowest BCUT2D eigenvalue weighted by molar-refractivity contribution is -0.120. The predicted octanol–water partition coefficient (Wildman–Crippen LogP) is 0.797. The van der Waals surface area contributed by atoms with Gasteiger partial charge < -0.3 is 15.8 Å². The SMILES string of the molecule is CCCC1CC(NC(C)C(N)=O)CCO1. The summed E-state index contributed by atoms with van der Waals surface area (Å²) >= 11 is 0. The zero-order valence-corrected chi connectivity index (χ0v) is 9.66. The second-order valence-corrected chi connectivity index (χ2v) is 4.29. The van der Waals surface area contributed by atoms with Crippen molar-refractivity contribution in [2.45, 2.75) is 57.7 Å². The largest absolute Gasteiger partial charge is 0.378 e. The van der Waals surface area contributed by atoms with Crippen molar-refractivity contribution in [2.75, 3.05) is 6.61 Å². The normalized spacial score (nSPS) is 28.7. The van der Waals surface area contributed by atoms with Crippen LogP contribution in [0.25, 0.3) is 0 Å². The third-order valence-electron chi connectivity index (χ3n) is 2.89. The topological polar surface area (TPSA) is 64.3 Å². The fourth-order valence-electron chi connectivity index (χ4n) is 1.99.